The Morgan fingerprint density at radius 1 is 1.64 bits per heavy atom. The Hall–Kier alpha value is -2.11. The van der Waals surface area contributed by atoms with E-state index >= 15 is 0 Å². The van der Waals surface area contributed by atoms with E-state index in [0.717, 1.165) is 0 Å². The number of nitrogens with zero attached hydrogens (tertiary/aromatic N) is 3. The molecule has 2 aromatic rings. The Kier molecular flexibility index (Phi) is 1.81. The molecule has 0 aromatic carbocycles. The predicted octanol–water partition coefficient (Wildman–Crippen LogP) is -0.0614. The van der Waals surface area contributed by atoms with Gasteiger partial charge in [-0.25, -0.2) is 9.97 Å². The number of nitrogen functional groups attached to an aromatic ring is 1. The van der Waals surface area contributed by atoms with E-state index in [1.165, 1.54) is 6.07 Å². The van der Waals surface area contributed by atoms with Gasteiger partial charge in [-0.15, -0.1) is 0 Å². The minimum atomic E-state index is -0.937. The molecule has 14 heavy (non-hydrogen) atoms. The van der Waals surface area contributed by atoms with Crippen LogP contribution in [0, 0.1) is 0 Å². The van der Waals surface area contributed by atoms with E-state index in [9.17, 15) is 4.79 Å². The number of carbonyl (C=O) groups is 1. The summed E-state index contributed by atoms with van der Waals surface area (Å²) in [6, 6.07) is 1.53. The first-order valence-corrected chi connectivity index (χ1v) is 3.97. The standard InChI is InChI=1S/C8H8N4O2/c9-6-3-5(4-7(13)14)11-8-10-1-2-12(6)8/h1-3H,4,9H2,(H,13,14). The van der Waals surface area contributed by atoms with Crippen LogP contribution in [0.3, 0.4) is 0 Å². The second-order valence-electron chi connectivity index (χ2n) is 2.84. The van der Waals surface area contributed by atoms with Gasteiger partial charge in [0.25, 0.3) is 0 Å². The number of nitrogens with two attached hydrogens (primary N) is 1. The van der Waals surface area contributed by atoms with Crippen molar-refractivity contribution < 1.29 is 9.90 Å². The van der Waals surface area contributed by atoms with Crippen molar-refractivity contribution in [3.8, 4) is 0 Å². The van der Waals surface area contributed by atoms with Crippen LogP contribution in [0.1, 0.15) is 5.69 Å². The number of aliphatic carboxylic acids is 1. The van der Waals surface area contributed by atoms with Gasteiger partial charge in [0, 0.05) is 18.5 Å². The van der Waals surface area contributed by atoms with E-state index in [1.54, 1.807) is 16.8 Å². The summed E-state index contributed by atoms with van der Waals surface area (Å²) in [5, 5.41) is 8.57. The topological polar surface area (TPSA) is 93.5 Å². The number of hydrogen-bond donors (Lipinski definition) is 2. The molecule has 6 heteroatoms. The predicted molar refractivity (Wildman–Crippen MR) is 48.7 cm³/mol. The van der Waals surface area contributed by atoms with E-state index in [4.69, 9.17) is 10.8 Å². The number of imidazole rings is 1. The summed E-state index contributed by atoms with van der Waals surface area (Å²) in [6.07, 6.45) is 3.08. The minimum Gasteiger partial charge on any atom is -0.481 e. The average Bonchev–Trinajstić information content (AvgIpc) is 2.50. The molecular weight excluding hydrogens is 184 g/mol. The number of fused-ring (bicyclic) bond motifs is 1. The van der Waals surface area contributed by atoms with Gasteiger partial charge >= 0.3 is 5.97 Å². The first kappa shape index (κ1) is 8.49. The summed E-state index contributed by atoms with van der Waals surface area (Å²) in [4.78, 5) is 18.4. The Morgan fingerprint density at radius 3 is 3.14 bits per heavy atom. The lowest BCUT2D eigenvalue weighted by Crippen LogP contribution is -2.06. The summed E-state index contributed by atoms with van der Waals surface area (Å²) in [5.41, 5.74) is 6.08. The highest BCUT2D eigenvalue weighted by atomic mass is 16.4. The molecule has 0 atom stereocenters. The molecule has 0 fully saturated rings. The van der Waals surface area contributed by atoms with E-state index in [2.05, 4.69) is 9.97 Å². The molecule has 72 valence electrons. The molecule has 0 saturated heterocycles. The van der Waals surface area contributed by atoms with Crippen LogP contribution in [0.2, 0.25) is 0 Å². The largest absolute Gasteiger partial charge is 0.481 e. The fourth-order valence-corrected chi connectivity index (χ4v) is 1.23. The molecule has 0 unspecified atom stereocenters. The average molecular weight is 192 g/mol. The van der Waals surface area contributed by atoms with E-state index < -0.39 is 5.97 Å². The van der Waals surface area contributed by atoms with Gasteiger partial charge < -0.3 is 10.8 Å². The molecule has 0 aliphatic carbocycles. The molecule has 2 heterocycles. The third-order valence-electron chi connectivity index (χ3n) is 1.79. The Morgan fingerprint density at radius 2 is 2.43 bits per heavy atom. The van der Waals surface area contributed by atoms with Crippen molar-refractivity contribution in [1.29, 1.82) is 0 Å². The summed E-state index contributed by atoms with van der Waals surface area (Å²) >= 11 is 0. The zero-order valence-electron chi connectivity index (χ0n) is 7.21. The molecule has 0 saturated carbocycles. The van der Waals surface area contributed by atoms with E-state index in [1.807, 2.05) is 0 Å². The fraction of sp³-hybridized carbons (Fsp3) is 0.125. The van der Waals surface area contributed by atoms with Gasteiger partial charge in [-0.3, -0.25) is 9.20 Å². The maximum atomic E-state index is 10.4. The lowest BCUT2D eigenvalue weighted by molar-refractivity contribution is -0.136. The lowest BCUT2D eigenvalue weighted by Gasteiger charge is -2.01. The number of aromatic nitrogens is 3. The Balaban J connectivity index is 2.53. The van der Waals surface area contributed by atoms with E-state index in [0.29, 0.717) is 17.3 Å². The Bertz CT molecular complexity index is 491. The van der Waals surface area contributed by atoms with Crippen molar-refractivity contribution in [1.82, 2.24) is 14.4 Å². The van der Waals surface area contributed by atoms with Crippen LogP contribution in [-0.2, 0) is 11.2 Å². The van der Waals surface area contributed by atoms with Gasteiger partial charge in [-0.2, -0.15) is 0 Å². The van der Waals surface area contributed by atoms with Gasteiger partial charge in [0.15, 0.2) is 0 Å². The van der Waals surface area contributed by atoms with Gasteiger partial charge in [-0.1, -0.05) is 0 Å². The SMILES string of the molecule is Nc1cc(CC(=O)O)nc2nccn12. The number of carboxylic acids is 1. The zero-order valence-corrected chi connectivity index (χ0v) is 7.21. The van der Waals surface area contributed by atoms with Crippen molar-refractivity contribution in [2.24, 2.45) is 0 Å². The number of anilines is 1. The molecule has 0 radical (unpaired) electrons. The maximum absolute atomic E-state index is 10.4. The van der Waals surface area contributed by atoms with Crippen LogP contribution in [0.25, 0.3) is 5.78 Å². The molecule has 0 aliphatic rings. The summed E-state index contributed by atoms with van der Waals surface area (Å²) in [5.74, 6) is -0.0854. The second kappa shape index (κ2) is 2.99. The van der Waals surface area contributed by atoms with Crippen LogP contribution in [0.5, 0.6) is 0 Å². The van der Waals surface area contributed by atoms with Crippen LogP contribution in [-0.4, -0.2) is 25.4 Å². The summed E-state index contributed by atoms with van der Waals surface area (Å²) in [7, 11) is 0. The summed E-state index contributed by atoms with van der Waals surface area (Å²) < 4.78 is 1.59. The third-order valence-corrected chi connectivity index (χ3v) is 1.79. The van der Waals surface area contributed by atoms with Crippen molar-refractivity contribution in [2.45, 2.75) is 6.42 Å². The van der Waals surface area contributed by atoms with Crippen LogP contribution in [0.15, 0.2) is 18.5 Å². The van der Waals surface area contributed by atoms with Crippen molar-refractivity contribution in [3.63, 3.8) is 0 Å². The van der Waals surface area contributed by atoms with E-state index in [-0.39, 0.29) is 6.42 Å². The molecule has 3 N–H and O–H groups in total. The molecule has 6 nitrogen and oxygen atoms in total. The monoisotopic (exact) mass is 192 g/mol. The molecular formula is C8H8N4O2. The highest BCUT2D eigenvalue weighted by molar-refractivity contribution is 5.70. The molecule has 2 aromatic heterocycles. The van der Waals surface area contributed by atoms with Crippen molar-refractivity contribution in [3.05, 3.63) is 24.2 Å². The second-order valence-corrected chi connectivity index (χ2v) is 2.84. The molecule has 2 rings (SSSR count). The highest BCUT2D eigenvalue weighted by Crippen LogP contribution is 2.08. The minimum absolute atomic E-state index is 0.145. The van der Waals surface area contributed by atoms with Gasteiger partial charge in [-0.05, 0) is 0 Å². The number of hydrogen-bond acceptors (Lipinski definition) is 4. The van der Waals surface area contributed by atoms with Crippen molar-refractivity contribution in [2.75, 3.05) is 5.73 Å². The Labute approximate surface area is 79.0 Å². The van der Waals surface area contributed by atoms with Crippen LogP contribution in [0.4, 0.5) is 5.82 Å². The maximum Gasteiger partial charge on any atom is 0.309 e. The number of carboxylic acid groups (broad SMARTS) is 1. The molecule has 0 amide bonds. The molecule has 0 bridgehead atoms. The molecule has 0 aliphatic heterocycles. The smallest absolute Gasteiger partial charge is 0.309 e. The van der Waals surface area contributed by atoms with Gasteiger partial charge in [0.1, 0.15) is 5.82 Å². The number of rotatable bonds is 2. The highest BCUT2D eigenvalue weighted by Gasteiger charge is 2.06. The first-order chi connectivity index (χ1) is 6.66. The lowest BCUT2D eigenvalue weighted by atomic mass is 10.3. The van der Waals surface area contributed by atoms with Crippen molar-refractivity contribution >= 4 is 17.6 Å². The van der Waals surface area contributed by atoms with Crippen LogP contribution < -0.4 is 5.73 Å². The zero-order chi connectivity index (χ0) is 10.1. The van der Waals surface area contributed by atoms with Crippen LogP contribution >= 0.6 is 0 Å². The normalized spacial score (nSPS) is 10.6. The molecule has 0 spiro atoms. The van der Waals surface area contributed by atoms with Gasteiger partial charge in [0.05, 0.1) is 12.1 Å². The van der Waals surface area contributed by atoms with Gasteiger partial charge in [0.2, 0.25) is 5.78 Å². The third kappa shape index (κ3) is 1.37. The fourth-order valence-electron chi connectivity index (χ4n) is 1.23. The summed E-state index contributed by atoms with van der Waals surface area (Å²) in [6.45, 7) is 0. The quantitative estimate of drug-likeness (QED) is 0.695. The first-order valence-electron chi connectivity index (χ1n) is 3.97.